The van der Waals surface area contributed by atoms with Gasteiger partial charge in [0.2, 0.25) is 0 Å². The molecule has 0 saturated heterocycles. The zero-order valence-corrected chi connectivity index (χ0v) is 15.5. The molecule has 0 aliphatic carbocycles. The first kappa shape index (κ1) is 19.2. The van der Waals surface area contributed by atoms with Gasteiger partial charge < -0.3 is 0 Å². The van der Waals surface area contributed by atoms with Crippen LogP contribution in [0.4, 0.5) is 0 Å². The van der Waals surface area contributed by atoms with Crippen molar-refractivity contribution in [3.05, 3.63) is 72.3 Å². The SMILES string of the molecule is Cc1cnc2ccccc2n1.O=Cc1cnc2ccccc2n1.O=[Se]=O. The number of aldehydes is 1. The number of carbonyl (C=O) groups excluding carboxylic acids is 1. The van der Waals surface area contributed by atoms with Gasteiger partial charge in [-0.25, -0.2) is 9.97 Å². The van der Waals surface area contributed by atoms with Crippen LogP contribution in [-0.4, -0.2) is 41.0 Å². The number of hydrogen-bond donors (Lipinski definition) is 0. The van der Waals surface area contributed by atoms with Gasteiger partial charge in [-0.15, -0.1) is 0 Å². The molecule has 0 N–H and O–H groups in total. The first-order valence-corrected chi connectivity index (χ1v) is 8.85. The molecule has 0 saturated carbocycles. The molecule has 0 bridgehead atoms. The van der Waals surface area contributed by atoms with Crippen molar-refractivity contribution in [2.24, 2.45) is 0 Å². The Morgan fingerprint density at radius 2 is 1.23 bits per heavy atom. The van der Waals surface area contributed by atoms with Crippen molar-refractivity contribution in [3.63, 3.8) is 0 Å². The Bertz CT molecular complexity index is 1070. The van der Waals surface area contributed by atoms with E-state index in [4.69, 9.17) is 7.67 Å². The third kappa shape index (κ3) is 5.47. The predicted molar refractivity (Wildman–Crippen MR) is 96.3 cm³/mol. The second kappa shape index (κ2) is 10.0. The molecule has 130 valence electrons. The van der Waals surface area contributed by atoms with Gasteiger partial charge in [0.05, 0.1) is 34.0 Å². The number of aryl methyl sites for hydroxylation is 1. The number of rotatable bonds is 1. The Labute approximate surface area is 155 Å². The summed E-state index contributed by atoms with van der Waals surface area (Å²) in [7, 11) is 0. The van der Waals surface area contributed by atoms with Crippen LogP contribution in [0.15, 0.2) is 60.9 Å². The van der Waals surface area contributed by atoms with E-state index in [9.17, 15) is 4.79 Å². The van der Waals surface area contributed by atoms with Crippen molar-refractivity contribution >= 4 is 43.2 Å². The molecule has 0 aliphatic heterocycles. The van der Waals surface area contributed by atoms with E-state index in [0.717, 1.165) is 27.8 Å². The number of hydrogen-bond acceptors (Lipinski definition) is 7. The Balaban J connectivity index is 0.000000163. The number of carbonyl (C=O) groups is 1. The summed E-state index contributed by atoms with van der Waals surface area (Å²) in [4.78, 5) is 27.0. The molecule has 4 rings (SSSR count). The molecule has 0 spiro atoms. The van der Waals surface area contributed by atoms with E-state index < -0.39 is 14.8 Å². The average Bonchev–Trinajstić information content (AvgIpc) is 2.68. The van der Waals surface area contributed by atoms with Crippen molar-refractivity contribution < 1.29 is 12.5 Å². The Morgan fingerprint density at radius 1 is 0.769 bits per heavy atom. The van der Waals surface area contributed by atoms with Crippen LogP contribution in [0.3, 0.4) is 0 Å². The normalized spacial score (nSPS) is 9.42. The molecule has 0 amide bonds. The minimum atomic E-state index is -1.62. The monoisotopic (exact) mass is 414 g/mol. The molecule has 4 aromatic rings. The van der Waals surface area contributed by atoms with Gasteiger partial charge >= 0.3 is 22.5 Å². The van der Waals surface area contributed by atoms with Gasteiger partial charge in [-0.2, -0.15) is 0 Å². The molecule has 2 aromatic carbocycles. The fourth-order valence-electron chi connectivity index (χ4n) is 2.08. The summed E-state index contributed by atoms with van der Waals surface area (Å²) >= 11 is -1.62. The first-order valence-electron chi connectivity index (χ1n) is 7.45. The summed E-state index contributed by atoms with van der Waals surface area (Å²) in [5.74, 6) is 0. The topological polar surface area (TPSA) is 103 Å². The van der Waals surface area contributed by atoms with Crippen molar-refractivity contribution in [3.8, 4) is 0 Å². The third-order valence-electron chi connectivity index (χ3n) is 3.16. The maximum atomic E-state index is 10.3. The molecule has 0 aliphatic rings. The second-order valence-electron chi connectivity index (χ2n) is 4.97. The van der Waals surface area contributed by atoms with Crippen LogP contribution in [0.1, 0.15) is 16.2 Å². The summed E-state index contributed by atoms with van der Waals surface area (Å²) in [6, 6.07) is 15.3. The van der Waals surface area contributed by atoms with Gasteiger partial charge in [-0.05, 0) is 31.2 Å². The van der Waals surface area contributed by atoms with Gasteiger partial charge in [0.1, 0.15) is 5.69 Å². The van der Waals surface area contributed by atoms with Crippen molar-refractivity contribution in [1.82, 2.24) is 19.9 Å². The van der Waals surface area contributed by atoms with Gasteiger partial charge in [-0.3, -0.25) is 14.8 Å². The summed E-state index contributed by atoms with van der Waals surface area (Å²) in [5.41, 5.74) is 4.81. The molecule has 0 unspecified atom stereocenters. The van der Waals surface area contributed by atoms with Crippen LogP contribution in [-0.2, 0) is 7.67 Å². The van der Waals surface area contributed by atoms with E-state index in [1.807, 2.05) is 55.5 Å². The molecule has 7 nitrogen and oxygen atoms in total. The number of nitrogens with zero attached hydrogens (tertiary/aromatic N) is 4. The van der Waals surface area contributed by atoms with Gasteiger partial charge in [-0.1, -0.05) is 24.3 Å². The van der Waals surface area contributed by atoms with Crippen molar-refractivity contribution in [2.45, 2.75) is 6.92 Å². The molecular weight excluding hydrogens is 399 g/mol. The van der Waals surface area contributed by atoms with E-state index in [1.165, 1.54) is 6.20 Å². The van der Waals surface area contributed by atoms with Crippen LogP contribution in [0.2, 0.25) is 0 Å². The Kier molecular flexibility index (Phi) is 7.42. The summed E-state index contributed by atoms with van der Waals surface area (Å²) in [5, 5.41) is 0. The van der Waals surface area contributed by atoms with E-state index >= 15 is 0 Å². The van der Waals surface area contributed by atoms with E-state index in [-0.39, 0.29) is 0 Å². The molecular formula is C18H14N4O3Se. The second-order valence-corrected chi connectivity index (χ2v) is 5.26. The minimum absolute atomic E-state index is 0.369. The fourth-order valence-corrected chi connectivity index (χ4v) is 2.08. The van der Waals surface area contributed by atoms with Gasteiger partial charge in [0.25, 0.3) is 0 Å². The molecule has 26 heavy (non-hydrogen) atoms. The van der Waals surface area contributed by atoms with Crippen LogP contribution in [0, 0.1) is 6.92 Å². The number of aromatic nitrogens is 4. The molecule has 2 heterocycles. The van der Waals surface area contributed by atoms with Crippen LogP contribution < -0.4 is 0 Å². The van der Waals surface area contributed by atoms with Crippen LogP contribution >= 0.6 is 0 Å². The van der Waals surface area contributed by atoms with Crippen molar-refractivity contribution in [1.29, 1.82) is 0 Å². The molecule has 0 radical (unpaired) electrons. The summed E-state index contributed by atoms with van der Waals surface area (Å²) < 4.78 is 16.9. The van der Waals surface area contributed by atoms with Gasteiger partial charge in [0.15, 0.2) is 6.29 Å². The molecule has 8 heteroatoms. The maximum absolute atomic E-state index is 10.3. The van der Waals surface area contributed by atoms with E-state index in [1.54, 1.807) is 6.20 Å². The molecule has 2 aromatic heterocycles. The quantitative estimate of drug-likeness (QED) is 0.349. The molecule has 0 fully saturated rings. The fraction of sp³-hybridized carbons (Fsp3) is 0.0556. The van der Waals surface area contributed by atoms with Gasteiger partial charge in [0, 0.05) is 6.20 Å². The first-order chi connectivity index (χ1) is 12.7. The summed E-state index contributed by atoms with van der Waals surface area (Å²) in [6.45, 7) is 1.94. The Morgan fingerprint density at radius 3 is 1.77 bits per heavy atom. The average molecular weight is 413 g/mol. The van der Waals surface area contributed by atoms with Crippen LogP contribution in [0.5, 0.6) is 0 Å². The zero-order chi connectivity index (χ0) is 18.8. The zero-order valence-electron chi connectivity index (χ0n) is 13.8. The third-order valence-corrected chi connectivity index (χ3v) is 3.16. The van der Waals surface area contributed by atoms with E-state index in [2.05, 4.69) is 19.9 Å². The van der Waals surface area contributed by atoms with Crippen LogP contribution in [0.25, 0.3) is 22.1 Å². The standard InChI is InChI=1S/C9H6N2O.C9H8N2.O2Se/c12-6-7-5-10-8-3-1-2-4-9(8)11-7;1-7-6-10-8-4-2-3-5-9(8)11-7;1-3-2/h1-6H;2-6H,1H3;. The molecule has 0 atom stereocenters. The predicted octanol–water partition coefficient (Wildman–Crippen LogP) is 2.76. The number of para-hydroxylation sites is 4. The summed E-state index contributed by atoms with van der Waals surface area (Å²) in [6.07, 6.45) is 3.94. The van der Waals surface area contributed by atoms with E-state index in [0.29, 0.717) is 12.0 Å². The Hall–Kier alpha value is -3.09. The number of fused-ring (bicyclic) bond motifs is 2. The van der Waals surface area contributed by atoms with Crippen molar-refractivity contribution in [2.75, 3.05) is 0 Å². The number of benzene rings is 2.